The molecule has 0 saturated carbocycles. The quantitative estimate of drug-likeness (QED) is 0.780. The van der Waals surface area contributed by atoms with Crippen LogP contribution in [0.3, 0.4) is 0 Å². The number of benzene rings is 1. The molecule has 0 saturated heterocycles. The van der Waals surface area contributed by atoms with E-state index in [2.05, 4.69) is 11.3 Å². The third kappa shape index (κ3) is 2.68. The van der Waals surface area contributed by atoms with E-state index in [4.69, 9.17) is 0 Å². The van der Waals surface area contributed by atoms with E-state index >= 15 is 0 Å². The summed E-state index contributed by atoms with van der Waals surface area (Å²) in [7, 11) is 0. The first-order valence-electron chi connectivity index (χ1n) is 3.81. The van der Waals surface area contributed by atoms with Gasteiger partial charge < -0.3 is 0 Å². The van der Waals surface area contributed by atoms with Crippen LogP contribution in [-0.4, -0.2) is 21.1 Å². The van der Waals surface area contributed by atoms with E-state index < -0.39 is 0 Å². The Balaban J connectivity index is 2.54. The molecule has 1 aromatic rings. The molecule has 0 spiro atoms. The van der Waals surface area contributed by atoms with E-state index in [0.29, 0.717) is 0 Å². The van der Waals surface area contributed by atoms with E-state index in [0.717, 1.165) is 10.9 Å². The van der Waals surface area contributed by atoms with Crippen molar-refractivity contribution in [1.82, 2.24) is 4.33 Å². The fourth-order valence-electron chi connectivity index (χ4n) is 0.786. The van der Waals surface area contributed by atoms with Gasteiger partial charge in [0.25, 0.3) is 0 Å². The van der Waals surface area contributed by atoms with Gasteiger partial charge in [0.05, 0.1) is 0 Å². The van der Waals surface area contributed by atoms with E-state index in [9.17, 15) is 4.79 Å². The Morgan fingerprint density at radius 1 is 1.42 bits per heavy atom. The Labute approximate surface area is 78.7 Å². The Kier molecular flexibility index (Phi) is 3.85. The van der Waals surface area contributed by atoms with Crippen molar-refractivity contribution in [2.75, 3.05) is 0 Å². The van der Waals surface area contributed by atoms with Gasteiger partial charge in [0, 0.05) is 0 Å². The average molecular weight is 228 g/mol. The first-order chi connectivity index (χ1) is 5.84. The van der Waals surface area contributed by atoms with Gasteiger partial charge in [-0.2, -0.15) is 0 Å². The molecular formula is C9H11NOSe. The first-order valence-corrected chi connectivity index (χ1v) is 5.88. The van der Waals surface area contributed by atoms with Gasteiger partial charge in [0.2, 0.25) is 0 Å². The van der Waals surface area contributed by atoms with Crippen molar-refractivity contribution < 1.29 is 4.79 Å². The number of carbonyl (C=O) groups excluding carboxylic acids is 1. The molecule has 0 aliphatic carbocycles. The molecule has 0 aliphatic heterocycles. The molecule has 0 atom stereocenters. The number of rotatable bonds is 3. The molecule has 0 fully saturated rings. The van der Waals surface area contributed by atoms with E-state index in [1.807, 2.05) is 30.3 Å². The third-order valence-corrected chi connectivity index (χ3v) is 2.64. The second-order valence-corrected chi connectivity index (χ2v) is 4.48. The molecule has 1 amide bonds. The molecule has 1 rings (SSSR count). The van der Waals surface area contributed by atoms with E-state index in [1.54, 1.807) is 0 Å². The van der Waals surface area contributed by atoms with Crippen molar-refractivity contribution >= 4 is 21.1 Å². The van der Waals surface area contributed by atoms with Gasteiger partial charge in [-0.05, 0) is 0 Å². The molecule has 0 bridgehead atoms. The molecular weight excluding hydrogens is 217 g/mol. The van der Waals surface area contributed by atoms with Crippen LogP contribution in [0.25, 0.3) is 0 Å². The zero-order chi connectivity index (χ0) is 8.81. The molecule has 0 aromatic heterocycles. The summed E-state index contributed by atoms with van der Waals surface area (Å²) in [6.45, 7) is 2.06. The van der Waals surface area contributed by atoms with Gasteiger partial charge in [0.1, 0.15) is 0 Å². The second-order valence-electron chi connectivity index (χ2n) is 2.23. The summed E-state index contributed by atoms with van der Waals surface area (Å²) < 4.78 is 2.87. The molecule has 0 radical (unpaired) electrons. The van der Waals surface area contributed by atoms with Gasteiger partial charge in [-0.15, -0.1) is 0 Å². The van der Waals surface area contributed by atoms with Crippen molar-refractivity contribution in [2.24, 2.45) is 0 Å². The molecule has 1 N–H and O–H groups in total. The van der Waals surface area contributed by atoms with Gasteiger partial charge >= 0.3 is 78.3 Å². The van der Waals surface area contributed by atoms with Crippen LogP contribution in [0.1, 0.15) is 17.3 Å². The topological polar surface area (TPSA) is 29.1 Å². The molecule has 0 unspecified atom stereocenters. The monoisotopic (exact) mass is 229 g/mol. The Morgan fingerprint density at radius 3 is 2.67 bits per heavy atom. The van der Waals surface area contributed by atoms with Crippen LogP contribution in [0.5, 0.6) is 0 Å². The predicted octanol–water partition coefficient (Wildman–Crippen LogP) is 1.47. The van der Waals surface area contributed by atoms with Crippen molar-refractivity contribution in [3.8, 4) is 0 Å². The van der Waals surface area contributed by atoms with Crippen molar-refractivity contribution in [1.29, 1.82) is 0 Å². The molecule has 0 aliphatic rings. The van der Waals surface area contributed by atoms with Crippen molar-refractivity contribution in [2.45, 2.75) is 12.2 Å². The maximum absolute atomic E-state index is 11.3. The van der Waals surface area contributed by atoms with Crippen molar-refractivity contribution in [3.63, 3.8) is 0 Å². The van der Waals surface area contributed by atoms with Gasteiger partial charge in [-0.3, -0.25) is 0 Å². The van der Waals surface area contributed by atoms with Crippen LogP contribution in [0.2, 0.25) is 5.32 Å². The van der Waals surface area contributed by atoms with Crippen LogP contribution in [-0.2, 0) is 0 Å². The van der Waals surface area contributed by atoms with Crippen LogP contribution in [0, 0.1) is 0 Å². The number of hydrogen-bond acceptors (Lipinski definition) is 1. The molecule has 0 heterocycles. The summed E-state index contributed by atoms with van der Waals surface area (Å²) in [5, 5.41) is 1.03. The normalized spacial score (nSPS) is 9.42. The number of nitrogens with one attached hydrogen (secondary N) is 1. The standard InChI is InChI=1S/C9H11NOSe/c1-2-12-10-9(11)8-6-4-3-5-7-8/h3-7H,2H2,1H3,(H,10,11). The number of amides is 1. The Hall–Kier alpha value is -0.791. The zero-order valence-corrected chi connectivity index (χ0v) is 8.62. The van der Waals surface area contributed by atoms with Gasteiger partial charge in [0.15, 0.2) is 0 Å². The van der Waals surface area contributed by atoms with Crippen molar-refractivity contribution in [3.05, 3.63) is 35.9 Å². The summed E-state index contributed by atoms with van der Waals surface area (Å²) in [6, 6.07) is 9.28. The fourth-order valence-corrected chi connectivity index (χ4v) is 1.61. The molecule has 2 nitrogen and oxygen atoms in total. The summed E-state index contributed by atoms with van der Waals surface area (Å²) in [4.78, 5) is 11.3. The molecule has 3 heteroatoms. The van der Waals surface area contributed by atoms with Crippen LogP contribution >= 0.6 is 0 Å². The average Bonchev–Trinajstić information content (AvgIpc) is 2.15. The Morgan fingerprint density at radius 2 is 2.08 bits per heavy atom. The minimum atomic E-state index is 0.0393. The second kappa shape index (κ2) is 4.96. The predicted molar refractivity (Wildman–Crippen MR) is 50.1 cm³/mol. The summed E-state index contributed by atoms with van der Waals surface area (Å²) in [5.41, 5.74) is 0.743. The molecule has 64 valence electrons. The number of carbonyl (C=O) groups is 1. The zero-order valence-electron chi connectivity index (χ0n) is 6.91. The summed E-state index contributed by atoms with van der Waals surface area (Å²) in [5.74, 6) is 0.0393. The van der Waals surface area contributed by atoms with Gasteiger partial charge in [-0.1, -0.05) is 0 Å². The third-order valence-electron chi connectivity index (χ3n) is 1.35. The summed E-state index contributed by atoms with van der Waals surface area (Å²) in [6.07, 6.45) is 0. The van der Waals surface area contributed by atoms with E-state index in [1.165, 1.54) is 0 Å². The SMILES string of the molecule is CC[Se]NC(=O)c1ccccc1. The van der Waals surface area contributed by atoms with Gasteiger partial charge in [-0.25, -0.2) is 0 Å². The fraction of sp³-hybridized carbons (Fsp3) is 0.222. The van der Waals surface area contributed by atoms with Crippen LogP contribution in [0.4, 0.5) is 0 Å². The first kappa shape index (κ1) is 9.30. The Bertz CT molecular complexity index is 248. The molecule has 12 heavy (non-hydrogen) atoms. The number of hydrogen-bond donors (Lipinski definition) is 1. The maximum atomic E-state index is 11.3. The minimum absolute atomic E-state index is 0.0393. The molecule has 1 aromatic carbocycles. The summed E-state index contributed by atoms with van der Waals surface area (Å²) >= 11 is 0.243. The van der Waals surface area contributed by atoms with Crippen LogP contribution < -0.4 is 4.33 Å². The van der Waals surface area contributed by atoms with E-state index in [-0.39, 0.29) is 21.1 Å². The van der Waals surface area contributed by atoms with Crippen LogP contribution in [0.15, 0.2) is 30.3 Å².